The van der Waals surface area contributed by atoms with Crippen LogP contribution < -0.4 is 15.3 Å². The molecule has 0 atom stereocenters. The summed E-state index contributed by atoms with van der Waals surface area (Å²) in [4.78, 5) is 4.23. The second-order valence-electron chi connectivity index (χ2n) is 6.54. The number of imidazole rings is 1. The third kappa shape index (κ3) is 3.74. The van der Waals surface area contributed by atoms with Crippen molar-refractivity contribution in [1.82, 2.24) is 15.1 Å². The summed E-state index contributed by atoms with van der Waals surface area (Å²) in [5, 5.41) is 7.31. The Morgan fingerprint density at radius 3 is 2.70 bits per heavy atom. The smallest absolute Gasteiger partial charge is 0.286 e. The Bertz CT molecular complexity index is 1040. The zero-order chi connectivity index (χ0) is 18.6. The van der Waals surface area contributed by atoms with E-state index >= 15 is 0 Å². The van der Waals surface area contributed by atoms with Gasteiger partial charge in [-0.15, -0.1) is 0 Å². The molecule has 0 saturated carbocycles. The molecule has 1 aliphatic heterocycles. The summed E-state index contributed by atoms with van der Waals surface area (Å²) in [7, 11) is 2.09. The van der Waals surface area contributed by atoms with Crippen LogP contribution in [0.2, 0.25) is 0 Å². The molecule has 4 rings (SSSR count). The van der Waals surface area contributed by atoms with Crippen LogP contribution in [0.25, 0.3) is 17.8 Å². The highest BCUT2D eigenvalue weighted by molar-refractivity contribution is 5.85. The van der Waals surface area contributed by atoms with Crippen molar-refractivity contribution in [2.24, 2.45) is 17.1 Å². The lowest BCUT2D eigenvalue weighted by Gasteiger charge is -1.99. The number of hydrogen-bond donors (Lipinski definition) is 2. The zero-order valence-corrected chi connectivity index (χ0v) is 15.6. The topological polar surface area (TPSA) is 57.1 Å². The second kappa shape index (κ2) is 7.45. The number of guanidine groups is 1. The first-order valence-electron chi connectivity index (χ1n) is 9.03. The number of nitrogens with zero attached hydrogens (tertiary/aromatic N) is 4. The first-order chi connectivity index (χ1) is 13.2. The quantitative estimate of drug-likeness (QED) is 0.426. The van der Waals surface area contributed by atoms with Crippen LogP contribution in [0.4, 0.5) is 0 Å². The summed E-state index contributed by atoms with van der Waals surface area (Å²) in [6.07, 6.45) is 8.22. The van der Waals surface area contributed by atoms with Crippen LogP contribution in [-0.2, 0) is 7.05 Å². The highest BCUT2D eigenvalue weighted by Crippen LogP contribution is 2.10. The minimum absolute atomic E-state index is 0.730. The number of hydrogen-bond acceptors (Lipinski definition) is 4. The van der Waals surface area contributed by atoms with Crippen molar-refractivity contribution in [3.8, 4) is 0 Å². The zero-order valence-electron chi connectivity index (χ0n) is 15.6. The van der Waals surface area contributed by atoms with E-state index in [2.05, 4.69) is 105 Å². The van der Waals surface area contributed by atoms with Crippen LogP contribution in [0.15, 0.2) is 58.8 Å². The molecule has 0 amide bonds. The third-order valence-electron chi connectivity index (χ3n) is 4.64. The van der Waals surface area contributed by atoms with Crippen molar-refractivity contribution >= 4 is 30.0 Å². The molecular weight excluding hydrogens is 336 g/mol. The lowest BCUT2D eigenvalue weighted by Crippen LogP contribution is -2.30. The summed E-state index contributed by atoms with van der Waals surface area (Å²) in [6.45, 7) is 3.78. The predicted molar refractivity (Wildman–Crippen MR) is 110 cm³/mol. The molecule has 0 spiro atoms. The molecular formula is C21H23N6+. The van der Waals surface area contributed by atoms with E-state index in [0.717, 1.165) is 35.9 Å². The van der Waals surface area contributed by atoms with Crippen LogP contribution in [-0.4, -0.2) is 29.7 Å². The molecule has 2 N–H and O–H groups in total. The molecule has 0 radical (unpaired) electrons. The van der Waals surface area contributed by atoms with Crippen molar-refractivity contribution < 1.29 is 4.57 Å². The van der Waals surface area contributed by atoms with E-state index in [9.17, 15) is 0 Å². The highest BCUT2D eigenvalue weighted by atomic mass is 15.4. The number of nitrogens with one attached hydrogen (secondary N) is 2. The number of aryl methyl sites for hydroxylation is 2. The molecule has 27 heavy (non-hydrogen) atoms. The summed E-state index contributed by atoms with van der Waals surface area (Å²) in [5.74, 6) is 0.730. The summed E-state index contributed by atoms with van der Waals surface area (Å²) in [5.41, 5.74) is 8.64. The minimum atomic E-state index is 0.730. The van der Waals surface area contributed by atoms with Crippen LogP contribution >= 0.6 is 0 Å². The van der Waals surface area contributed by atoms with E-state index in [4.69, 9.17) is 0 Å². The molecule has 0 aliphatic carbocycles. The number of aliphatic imine (C=N–C) groups is 1. The molecule has 0 saturated heterocycles. The molecule has 136 valence electrons. The first-order valence-corrected chi connectivity index (χ1v) is 9.03. The fourth-order valence-electron chi connectivity index (χ4n) is 3.08. The van der Waals surface area contributed by atoms with Gasteiger partial charge in [0.2, 0.25) is 5.96 Å². The molecule has 0 bridgehead atoms. The van der Waals surface area contributed by atoms with Crippen LogP contribution in [0.5, 0.6) is 0 Å². The maximum atomic E-state index is 4.23. The molecule has 3 aromatic rings. The molecule has 1 aliphatic rings. The second-order valence-corrected chi connectivity index (χ2v) is 6.54. The van der Waals surface area contributed by atoms with Crippen molar-refractivity contribution in [3.05, 3.63) is 71.2 Å². The SMILES string of the molecule is Cc1cccc2n1cc(/C=C/c1ccc(/C=N/NC3=NCCN3)cc1)[n+]2C. The van der Waals surface area contributed by atoms with E-state index in [0.29, 0.717) is 0 Å². The number of rotatable bonds is 4. The number of hydrazone groups is 1. The normalized spacial score (nSPS) is 14.2. The van der Waals surface area contributed by atoms with Gasteiger partial charge in [0.05, 0.1) is 19.8 Å². The van der Waals surface area contributed by atoms with E-state index in [1.54, 1.807) is 6.21 Å². The molecule has 1 aromatic carbocycles. The van der Waals surface area contributed by atoms with Gasteiger partial charge in [0.15, 0.2) is 5.69 Å². The fraction of sp³-hybridized carbons (Fsp3) is 0.190. The average Bonchev–Trinajstić information content (AvgIpc) is 3.31. The lowest BCUT2D eigenvalue weighted by atomic mass is 10.1. The molecule has 3 heterocycles. The maximum Gasteiger partial charge on any atom is 0.286 e. The Labute approximate surface area is 158 Å². The average molecular weight is 359 g/mol. The Kier molecular flexibility index (Phi) is 4.70. The molecule has 0 unspecified atom stereocenters. The van der Waals surface area contributed by atoms with Gasteiger partial charge in [-0.1, -0.05) is 36.4 Å². The molecule has 6 nitrogen and oxygen atoms in total. The Hall–Kier alpha value is -3.41. The van der Waals surface area contributed by atoms with Gasteiger partial charge in [0, 0.05) is 12.6 Å². The van der Waals surface area contributed by atoms with Gasteiger partial charge in [-0.2, -0.15) is 9.50 Å². The fourth-order valence-corrected chi connectivity index (χ4v) is 3.08. The van der Waals surface area contributed by atoms with Crippen LogP contribution in [0, 0.1) is 6.92 Å². The van der Waals surface area contributed by atoms with Crippen molar-refractivity contribution in [1.29, 1.82) is 0 Å². The van der Waals surface area contributed by atoms with Gasteiger partial charge in [0.25, 0.3) is 5.65 Å². The molecule has 0 fully saturated rings. The van der Waals surface area contributed by atoms with Crippen LogP contribution in [0.3, 0.4) is 0 Å². The largest absolute Gasteiger partial charge is 0.353 e. The predicted octanol–water partition coefficient (Wildman–Crippen LogP) is 2.13. The van der Waals surface area contributed by atoms with Gasteiger partial charge in [-0.25, -0.2) is 15.0 Å². The summed E-state index contributed by atoms with van der Waals surface area (Å²) < 4.78 is 4.39. The van der Waals surface area contributed by atoms with Crippen molar-refractivity contribution in [2.75, 3.05) is 13.1 Å². The van der Waals surface area contributed by atoms with E-state index in [-0.39, 0.29) is 0 Å². The highest BCUT2D eigenvalue weighted by Gasteiger charge is 2.12. The Morgan fingerprint density at radius 1 is 1.15 bits per heavy atom. The van der Waals surface area contributed by atoms with Gasteiger partial charge in [0.1, 0.15) is 11.9 Å². The Morgan fingerprint density at radius 2 is 1.96 bits per heavy atom. The molecule has 6 heteroatoms. The molecule has 2 aromatic heterocycles. The van der Waals surface area contributed by atoms with Gasteiger partial charge in [-0.05, 0) is 30.2 Å². The number of aromatic nitrogens is 2. The third-order valence-corrected chi connectivity index (χ3v) is 4.64. The maximum absolute atomic E-state index is 4.23. The van der Waals surface area contributed by atoms with Gasteiger partial charge >= 0.3 is 0 Å². The number of benzene rings is 1. The Balaban J connectivity index is 1.46. The van der Waals surface area contributed by atoms with Crippen LogP contribution in [0.1, 0.15) is 22.5 Å². The van der Waals surface area contributed by atoms with E-state index < -0.39 is 0 Å². The van der Waals surface area contributed by atoms with Gasteiger partial charge < -0.3 is 5.32 Å². The lowest BCUT2D eigenvalue weighted by molar-refractivity contribution is -0.646. The minimum Gasteiger partial charge on any atom is -0.353 e. The standard InChI is InChI=1S/C21H23N6/c1-16-4-3-5-20-26(2)19(15-27(16)20)11-10-17-6-8-18(9-7-17)14-24-25-21-22-12-13-23-21/h3-11,14-15H,12-13H2,1-2H3,(H2,22,23,25)/q+1/b11-10+,24-14+. The number of pyridine rings is 1. The van der Waals surface area contributed by atoms with Crippen molar-refractivity contribution in [3.63, 3.8) is 0 Å². The number of fused-ring (bicyclic) bond motifs is 1. The summed E-state index contributed by atoms with van der Waals surface area (Å²) >= 11 is 0. The van der Waals surface area contributed by atoms with Gasteiger partial charge in [-0.3, -0.25) is 0 Å². The van der Waals surface area contributed by atoms with E-state index in [1.165, 1.54) is 11.3 Å². The first kappa shape index (κ1) is 17.0. The monoisotopic (exact) mass is 359 g/mol. The summed E-state index contributed by atoms with van der Waals surface area (Å²) in [6, 6.07) is 14.6. The van der Waals surface area contributed by atoms with E-state index in [1.807, 2.05) is 0 Å². The van der Waals surface area contributed by atoms with Crippen molar-refractivity contribution in [2.45, 2.75) is 6.92 Å².